The van der Waals surface area contributed by atoms with E-state index in [-0.39, 0.29) is 18.9 Å². The van der Waals surface area contributed by atoms with E-state index >= 15 is 0 Å². The molecule has 9 heteroatoms. The van der Waals surface area contributed by atoms with Gasteiger partial charge in [-0.05, 0) is 49.8 Å². The predicted molar refractivity (Wildman–Crippen MR) is 141 cm³/mol. The number of amides is 2. The van der Waals surface area contributed by atoms with Crippen molar-refractivity contribution in [1.82, 2.24) is 9.47 Å². The number of rotatable bonds is 12. The lowest BCUT2D eigenvalue weighted by molar-refractivity contribution is -0.134. The van der Waals surface area contributed by atoms with E-state index in [1.807, 2.05) is 54.6 Å². The third kappa shape index (κ3) is 6.57. The van der Waals surface area contributed by atoms with Gasteiger partial charge >= 0.3 is 0 Å². The summed E-state index contributed by atoms with van der Waals surface area (Å²) in [5.74, 6) is -1.19. The molecule has 0 unspecified atom stereocenters. The molecule has 0 saturated heterocycles. The van der Waals surface area contributed by atoms with Gasteiger partial charge in [-0.3, -0.25) is 19.5 Å². The Kier molecular flexibility index (Phi) is 9.35. The third-order valence-corrected chi connectivity index (χ3v) is 6.21. The second-order valence-electron chi connectivity index (χ2n) is 8.80. The van der Waals surface area contributed by atoms with Crippen molar-refractivity contribution in [2.75, 3.05) is 6.54 Å². The SMILES string of the molecule is Cn1c(C(=O)N(C(=O)[C@H](N)CCCc2ccccc2)[C@H](C=O)CCCN=C(N)N)cc2ccccc21. The van der Waals surface area contributed by atoms with E-state index in [2.05, 4.69) is 4.99 Å². The van der Waals surface area contributed by atoms with Gasteiger partial charge in [0.1, 0.15) is 12.0 Å². The highest BCUT2D eigenvalue weighted by Gasteiger charge is 2.34. The number of hydrogen-bond acceptors (Lipinski definition) is 5. The molecule has 2 atom stereocenters. The minimum absolute atomic E-state index is 0.0578. The Hall–Kier alpha value is -3.98. The monoisotopic (exact) mass is 490 g/mol. The first-order valence-corrected chi connectivity index (χ1v) is 12.1. The fourth-order valence-corrected chi connectivity index (χ4v) is 4.27. The Bertz CT molecular complexity index is 1220. The lowest BCUT2D eigenvalue weighted by Crippen LogP contribution is -2.52. The largest absolute Gasteiger partial charge is 0.370 e. The van der Waals surface area contributed by atoms with Gasteiger partial charge in [0, 0.05) is 24.5 Å². The maximum atomic E-state index is 13.7. The molecule has 0 aliphatic rings. The number of fused-ring (bicyclic) bond motifs is 1. The van der Waals surface area contributed by atoms with Crippen LogP contribution in [0.2, 0.25) is 0 Å². The molecule has 0 spiro atoms. The maximum absolute atomic E-state index is 13.7. The van der Waals surface area contributed by atoms with Gasteiger partial charge in [0.2, 0.25) is 5.91 Å². The number of aliphatic imine (C=N–C) groups is 1. The number of hydrogen-bond donors (Lipinski definition) is 3. The van der Waals surface area contributed by atoms with Crippen molar-refractivity contribution in [2.24, 2.45) is 29.2 Å². The number of nitrogens with zero attached hydrogens (tertiary/aromatic N) is 3. The molecule has 36 heavy (non-hydrogen) atoms. The summed E-state index contributed by atoms with van der Waals surface area (Å²) in [5, 5.41) is 0.860. The molecule has 1 heterocycles. The van der Waals surface area contributed by atoms with Crippen LogP contribution < -0.4 is 17.2 Å². The number of guanidine groups is 1. The van der Waals surface area contributed by atoms with Gasteiger partial charge < -0.3 is 26.6 Å². The summed E-state index contributed by atoms with van der Waals surface area (Å²) in [4.78, 5) is 44.3. The summed E-state index contributed by atoms with van der Waals surface area (Å²) in [6.45, 7) is 0.278. The van der Waals surface area contributed by atoms with Crippen molar-refractivity contribution >= 4 is 35.0 Å². The van der Waals surface area contributed by atoms with Crippen molar-refractivity contribution in [3.63, 3.8) is 0 Å². The smallest absolute Gasteiger partial charge is 0.277 e. The van der Waals surface area contributed by atoms with Gasteiger partial charge in [0.15, 0.2) is 5.96 Å². The molecule has 0 aliphatic carbocycles. The molecule has 190 valence electrons. The molecule has 0 fully saturated rings. The minimum atomic E-state index is -0.989. The summed E-state index contributed by atoms with van der Waals surface area (Å²) < 4.78 is 1.72. The van der Waals surface area contributed by atoms with E-state index in [1.165, 1.54) is 0 Å². The Morgan fingerprint density at radius 3 is 2.39 bits per heavy atom. The minimum Gasteiger partial charge on any atom is -0.370 e. The first-order chi connectivity index (χ1) is 17.3. The van der Waals surface area contributed by atoms with E-state index in [0.29, 0.717) is 31.2 Å². The zero-order chi connectivity index (χ0) is 26.1. The second-order valence-corrected chi connectivity index (χ2v) is 8.80. The van der Waals surface area contributed by atoms with Crippen LogP contribution in [-0.2, 0) is 23.1 Å². The average Bonchev–Trinajstić information content (AvgIpc) is 3.22. The van der Waals surface area contributed by atoms with Crippen LogP contribution in [0.15, 0.2) is 65.7 Å². The number of aldehydes is 1. The van der Waals surface area contributed by atoms with Crippen LogP contribution in [-0.4, -0.2) is 52.2 Å². The van der Waals surface area contributed by atoms with Gasteiger partial charge in [-0.15, -0.1) is 0 Å². The summed E-state index contributed by atoms with van der Waals surface area (Å²) in [6.07, 6.45) is 3.06. The number of carbonyl (C=O) groups excluding carboxylic acids is 3. The van der Waals surface area contributed by atoms with Crippen LogP contribution in [0.5, 0.6) is 0 Å². The van der Waals surface area contributed by atoms with Gasteiger partial charge in [-0.2, -0.15) is 0 Å². The summed E-state index contributed by atoms with van der Waals surface area (Å²) in [6, 6.07) is 17.2. The third-order valence-electron chi connectivity index (χ3n) is 6.21. The van der Waals surface area contributed by atoms with Crippen LogP contribution in [0.3, 0.4) is 0 Å². The molecule has 3 aromatic rings. The van der Waals surface area contributed by atoms with Crippen molar-refractivity contribution in [3.8, 4) is 0 Å². The number of aromatic nitrogens is 1. The van der Waals surface area contributed by atoms with E-state index in [4.69, 9.17) is 17.2 Å². The van der Waals surface area contributed by atoms with Crippen molar-refractivity contribution < 1.29 is 14.4 Å². The van der Waals surface area contributed by atoms with Crippen LogP contribution >= 0.6 is 0 Å². The summed E-state index contributed by atoms with van der Waals surface area (Å²) in [7, 11) is 1.76. The first kappa shape index (κ1) is 26.6. The molecule has 0 aliphatic heterocycles. The zero-order valence-electron chi connectivity index (χ0n) is 20.5. The molecule has 2 aromatic carbocycles. The lowest BCUT2D eigenvalue weighted by atomic mass is 10.0. The van der Waals surface area contributed by atoms with Gasteiger partial charge in [-0.1, -0.05) is 48.5 Å². The van der Waals surface area contributed by atoms with Crippen molar-refractivity contribution in [1.29, 1.82) is 0 Å². The lowest BCUT2D eigenvalue weighted by Gasteiger charge is -2.29. The molecule has 0 radical (unpaired) electrons. The van der Waals surface area contributed by atoms with Crippen LogP contribution in [0.1, 0.15) is 41.7 Å². The molecule has 2 amide bonds. The van der Waals surface area contributed by atoms with Gasteiger partial charge in [0.05, 0.1) is 12.1 Å². The highest BCUT2D eigenvalue weighted by molar-refractivity contribution is 6.09. The van der Waals surface area contributed by atoms with E-state index in [0.717, 1.165) is 27.8 Å². The summed E-state index contributed by atoms with van der Waals surface area (Å²) in [5.41, 5.74) is 19.3. The molecule has 1 aromatic heterocycles. The van der Waals surface area contributed by atoms with E-state index in [9.17, 15) is 14.4 Å². The molecule has 0 bridgehead atoms. The second kappa shape index (κ2) is 12.6. The zero-order valence-corrected chi connectivity index (χ0v) is 20.5. The van der Waals surface area contributed by atoms with E-state index < -0.39 is 23.9 Å². The molecule has 9 nitrogen and oxygen atoms in total. The molecule has 6 N–H and O–H groups in total. The Morgan fingerprint density at radius 2 is 1.72 bits per heavy atom. The quantitative estimate of drug-likeness (QED) is 0.153. The average molecular weight is 491 g/mol. The summed E-state index contributed by atoms with van der Waals surface area (Å²) >= 11 is 0. The predicted octanol–water partition coefficient (Wildman–Crippen LogP) is 2.12. The van der Waals surface area contributed by atoms with Gasteiger partial charge in [0.25, 0.3) is 5.91 Å². The number of para-hydroxylation sites is 1. The van der Waals surface area contributed by atoms with Crippen molar-refractivity contribution in [3.05, 3.63) is 71.9 Å². The Morgan fingerprint density at radius 1 is 1.03 bits per heavy atom. The highest BCUT2D eigenvalue weighted by atomic mass is 16.2. The topological polar surface area (TPSA) is 150 Å². The Labute approximate surface area is 210 Å². The molecule has 0 saturated carbocycles. The number of aryl methyl sites for hydroxylation is 2. The Balaban J connectivity index is 1.82. The number of benzene rings is 2. The number of carbonyl (C=O) groups is 3. The molecule has 3 rings (SSSR count). The fourth-order valence-electron chi connectivity index (χ4n) is 4.27. The maximum Gasteiger partial charge on any atom is 0.277 e. The first-order valence-electron chi connectivity index (χ1n) is 12.1. The van der Waals surface area contributed by atoms with Gasteiger partial charge in [-0.25, -0.2) is 0 Å². The van der Waals surface area contributed by atoms with Crippen molar-refractivity contribution in [2.45, 2.75) is 44.2 Å². The fraction of sp³-hybridized carbons (Fsp3) is 0.333. The molecular formula is C27H34N6O3. The van der Waals surface area contributed by atoms with E-state index in [1.54, 1.807) is 17.7 Å². The van der Waals surface area contributed by atoms with Crippen LogP contribution in [0.4, 0.5) is 0 Å². The number of nitrogens with two attached hydrogens (primary N) is 3. The molecular weight excluding hydrogens is 456 g/mol. The number of imide groups is 1. The van der Waals surface area contributed by atoms with Crippen LogP contribution in [0, 0.1) is 0 Å². The van der Waals surface area contributed by atoms with Crippen LogP contribution in [0.25, 0.3) is 10.9 Å². The normalized spacial score (nSPS) is 12.6. The highest BCUT2D eigenvalue weighted by Crippen LogP contribution is 2.22. The standard InChI is InChI=1S/C27H34N6O3/c1-32-23-15-6-5-12-20(23)17-24(32)26(36)33(21(18-34)13-8-16-31-27(29)30)25(35)22(28)14-7-11-19-9-3-2-4-10-19/h2-6,9-10,12,15,17-18,21-22H,7-8,11,13-14,16,28H2,1H3,(H4,29,30,31)/t21-,22+/m0/s1.